The van der Waals surface area contributed by atoms with E-state index in [0.29, 0.717) is 12.2 Å². The van der Waals surface area contributed by atoms with Gasteiger partial charge in [0.15, 0.2) is 5.78 Å². The van der Waals surface area contributed by atoms with Gasteiger partial charge in [0.05, 0.1) is 0 Å². The number of carbonyl (C=O) groups excluding carboxylic acids is 1. The molecule has 0 heterocycles. The zero-order valence-corrected chi connectivity index (χ0v) is 9.43. The molecule has 0 saturated heterocycles. The fourth-order valence-corrected chi connectivity index (χ4v) is 2.51. The minimum atomic E-state index is -0.149. The summed E-state index contributed by atoms with van der Waals surface area (Å²) in [7, 11) is 0. The average molecular weight is 207 g/mol. The van der Waals surface area contributed by atoms with E-state index in [1.54, 1.807) is 0 Å². The largest absolute Gasteiger partial charge is 0.325 e. The van der Waals surface area contributed by atoms with Crippen LogP contribution in [0.5, 0.6) is 0 Å². The topological polar surface area (TPSA) is 43.1 Å². The molecule has 15 heavy (non-hydrogen) atoms. The molecular weight excluding hydrogens is 186 g/mol. The Bertz CT molecular complexity index is 276. The average Bonchev–Trinajstić information content (AvgIpc) is 2.43. The molecule has 2 aliphatic rings. The van der Waals surface area contributed by atoms with Crippen molar-refractivity contribution in [2.75, 3.05) is 0 Å². The Hall–Kier alpha value is -0.630. The van der Waals surface area contributed by atoms with Crippen LogP contribution in [0.1, 0.15) is 57.8 Å². The molecule has 0 aliphatic heterocycles. The normalized spacial score (nSPS) is 25.0. The van der Waals surface area contributed by atoms with E-state index in [9.17, 15) is 4.79 Å². The number of hydrogen-bond donors (Lipinski definition) is 1. The van der Waals surface area contributed by atoms with Crippen LogP contribution in [0.25, 0.3) is 0 Å². The molecule has 0 atom stereocenters. The second-order valence-corrected chi connectivity index (χ2v) is 5.14. The number of Topliss-reactive ketones (excluding diaryl/α,β-unsaturated/α-hetero) is 1. The van der Waals surface area contributed by atoms with E-state index in [2.05, 4.69) is 6.08 Å². The molecule has 2 nitrogen and oxygen atoms in total. The molecule has 0 bridgehead atoms. The van der Waals surface area contributed by atoms with Gasteiger partial charge in [0.2, 0.25) is 0 Å². The molecule has 1 saturated carbocycles. The molecule has 0 amide bonds. The molecular formula is C13H21NO. The van der Waals surface area contributed by atoms with E-state index in [-0.39, 0.29) is 5.54 Å². The summed E-state index contributed by atoms with van der Waals surface area (Å²) in [5, 5.41) is 0. The highest BCUT2D eigenvalue weighted by Gasteiger charge is 2.35. The highest BCUT2D eigenvalue weighted by atomic mass is 16.1. The zero-order valence-electron chi connectivity index (χ0n) is 9.43. The van der Waals surface area contributed by atoms with Gasteiger partial charge in [0.25, 0.3) is 0 Å². The third-order valence-corrected chi connectivity index (χ3v) is 3.76. The van der Waals surface area contributed by atoms with Crippen LogP contribution in [-0.4, -0.2) is 11.3 Å². The van der Waals surface area contributed by atoms with E-state index in [4.69, 9.17) is 5.73 Å². The minimum Gasteiger partial charge on any atom is -0.325 e. The SMILES string of the molecule is NC1(CC(=O)C2=CCCCCC2)CCC1. The fourth-order valence-electron chi connectivity index (χ4n) is 2.51. The lowest BCUT2D eigenvalue weighted by Gasteiger charge is -2.37. The summed E-state index contributed by atoms with van der Waals surface area (Å²) in [6.07, 6.45) is 11.7. The van der Waals surface area contributed by atoms with Gasteiger partial charge in [0, 0.05) is 12.0 Å². The van der Waals surface area contributed by atoms with Gasteiger partial charge in [-0.2, -0.15) is 0 Å². The quantitative estimate of drug-likeness (QED) is 0.773. The van der Waals surface area contributed by atoms with Crippen molar-refractivity contribution < 1.29 is 4.79 Å². The molecule has 0 aromatic carbocycles. The number of hydrogen-bond acceptors (Lipinski definition) is 2. The maximum Gasteiger partial charge on any atom is 0.160 e. The summed E-state index contributed by atoms with van der Waals surface area (Å²) < 4.78 is 0. The molecule has 0 radical (unpaired) electrons. The lowest BCUT2D eigenvalue weighted by atomic mass is 9.73. The smallest absolute Gasteiger partial charge is 0.160 e. The molecule has 2 rings (SSSR count). The number of allylic oxidation sites excluding steroid dienone is 2. The third-order valence-electron chi connectivity index (χ3n) is 3.76. The van der Waals surface area contributed by atoms with Crippen LogP contribution < -0.4 is 5.73 Å². The monoisotopic (exact) mass is 207 g/mol. The maximum atomic E-state index is 12.0. The van der Waals surface area contributed by atoms with Gasteiger partial charge in [-0.15, -0.1) is 0 Å². The van der Waals surface area contributed by atoms with Crippen LogP contribution in [0.4, 0.5) is 0 Å². The summed E-state index contributed by atoms with van der Waals surface area (Å²) in [6, 6.07) is 0. The highest BCUT2D eigenvalue weighted by Crippen LogP contribution is 2.33. The van der Waals surface area contributed by atoms with Crippen molar-refractivity contribution in [1.82, 2.24) is 0 Å². The number of rotatable bonds is 3. The summed E-state index contributed by atoms with van der Waals surface area (Å²) >= 11 is 0. The van der Waals surface area contributed by atoms with Crippen molar-refractivity contribution in [3.05, 3.63) is 11.6 Å². The first kappa shape index (κ1) is 10.9. The number of carbonyl (C=O) groups is 1. The van der Waals surface area contributed by atoms with Gasteiger partial charge in [-0.25, -0.2) is 0 Å². The Morgan fingerprint density at radius 2 is 2.07 bits per heavy atom. The lowest BCUT2D eigenvalue weighted by Crippen LogP contribution is -2.48. The molecule has 0 aromatic heterocycles. The summed E-state index contributed by atoms with van der Waals surface area (Å²) in [5.74, 6) is 0.319. The second kappa shape index (κ2) is 4.48. The van der Waals surface area contributed by atoms with Crippen molar-refractivity contribution in [1.29, 1.82) is 0 Å². The van der Waals surface area contributed by atoms with E-state index in [1.807, 2.05) is 0 Å². The number of nitrogens with two attached hydrogens (primary N) is 1. The highest BCUT2D eigenvalue weighted by molar-refractivity contribution is 5.96. The van der Waals surface area contributed by atoms with Gasteiger partial charge < -0.3 is 5.73 Å². The Kier molecular flexibility index (Phi) is 3.25. The van der Waals surface area contributed by atoms with Gasteiger partial charge in [-0.05, 0) is 50.5 Å². The van der Waals surface area contributed by atoms with Crippen LogP contribution in [-0.2, 0) is 4.79 Å². The Balaban J connectivity index is 1.91. The van der Waals surface area contributed by atoms with Gasteiger partial charge in [-0.3, -0.25) is 4.79 Å². The second-order valence-electron chi connectivity index (χ2n) is 5.14. The summed E-state index contributed by atoms with van der Waals surface area (Å²) in [6.45, 7) is 0. The molecule has 2 N–H and O–H groups in total. The van der Waals surface area contributed by atoms with Gasteiger partial charge >= 0.3 is 0 Å². The first-order chi connectivity index (χ1) is 7.20. The van der Waals surface area contributed by atoms with Crippen molar-refractivity contribution in [2.24, 2.45) is 5.73 Å². The van der Waals surface area contributed by atoms with Crippen molar-refractivity contribution in [3.8, 4) is 0 Å². The van der Waals surface area contributed by atoms with Crippen LogP contribution in [0.2, 0.25) is 0 Å². The van der Waals surface area contributed by atoms with E-state index in [1.165, 1.54) is 25.7 Å². The van der Waals surface area contributed by atoms with Crippen molar-refractivity contribution in [3.63, 3.8) is 0 Å². The molecule has 2 heteroatoms. The van der Waals surface area contributed by atoms with Gasteiger partial charge in [0.1, 0.15) is 0 Å². The molecule has 1 fully saturated rings. The Morgan fingerprint density at radius 1 is 1.27 bits per heavy atom. The van der Waals surface area contributed by atoms with E-state index >= 15 is 0 Å². The van der Waals surface area contributed by atoms with E-state index < -0.39 is 0 Å². The third kappa shape index (κ3) is 2.69. The Labute approximate surface area is 91.9 Å². The van der Waals surface area contributed by atoms with E-state index in [0.717, 1.165) is 31.3 Å². The predicted molar refractivity (Wildman–Crippen MR) is 61.6 cm³/mol. The molecule has 2 aliphatic carbocycles. The summed E-state index contributed by atoms with van der Waals surface area (Å²) in [4.78, 5) is 12.0. The van der Waals surface area contributed by atoms with Gasteiger partial charge in [-0.1, -0.05) is 12.5 Å². The number of ketones is 1. The standard InChI is InChI=1S/C13H21NO/c14-13(8-5-9-13)10-12(15)11-6-3-1-2-4-7-11/h6H,1-5,7-10,14H2. The zero-order chi connectivity index (χ0) is 10.7. The van der Waals surface area contributed by atoms with Crippen LogP contribution in [0.15, 0.2) is 11.6 Å². The molecule has 0 spiro atoms. The lowest BCUT2D eigenvalue weighted by molar-refractivity contribution is -0.117. The first-order valence-corrected chi connectivity index (χ1v) is 6.21. The molecule has 84 valence electrons. The predicted octanol–water partition coefficient (Wildman–Crippen LogP) is 2.72. The molecule has 0 unspecified atom stereocenters. The maximum absolute atomic E-state index is 12.0. The summed E-state index contributed by atoms with van der Waals surface area (Å²) in [5.41, 5.74) is 7.01. The Morgan fingerprint density at radius 3 is 2.73 bits per heavy atom. The van der Waals surface area contributed by atoms with Crippen LogP contribution in [0.3, 0.4) is 0 Å². The van der Waals surface area contributed by atoms with Crippen LogP contribution in [0, 0.1) is 0 Å². The van der Waals surface area contributed by atoms with Crippen molar-refractivity contribution in [2.45, 2.75) is 63.3 Å². The van der Waals surface area contributed by atoms with Crippen molar-refractivity contribution >= 4 is 5.78 Å². The molecule has 0 aromatic rings. The fraction of sp³-hybridized carbons (Fsp3) is 0.769. The minimum absolute atomic E-state index is 0.149. The van der Waals surface area contributed by atoms with Crippen LogP contribution >= 0.6 is 0 Å². The first-order valence-electron chi connectivity index (χ1n) is 6.21.